The van der Waals surface area contributed by atoms with Gasteiger partial charge in [-0.25, -0.2) is 9.97 Å². The quantitative estimate of drug-likeness (QED) is 0.172. The molecule has 2 heterocycles. The monoisotopic (exact) mass is 566 g/mol. The average molecular weight is 567 g/mol. The molecular formula is C32H34N6O4. The molecule has 42 heavy (non-hydrogen) atoms. The Balaban J connectivity index is 1.13. The molecule has 4 aromatic rings. The van der Waals surface area contributed by atoms with Gasteiger partial charge in [-0.1, -0.05) is 30.3 Å². The normalized spacial score (nSPS) is 13.6. The number of ether oxygens (including phenoxy) is 2. The first-order chi connectivity index (χ1) is 20.6. The zero-order valence-corrected chi connectivity index (χ0v) is 23.3. The number of hydrogen-bond acceptors (Lipinski definition) is 8. The minimum absolute atomic E-state index is 0.304. The Morgan fingerprint density at radius 3 is 2.48 bits per heavy atom. The molecule has 1 aliphatic heterocycles. The molecule has 0 saturated carbocycles. The summed E-state index contributed by atoms with van der Waals surface area (Å²) in [5.41, 5.74) is 3.21. The maximum absolute atomic E-state index is 12.5. The summed E-state index contributed by atoms with van der Waals surface area (Å²) in [6.45, 7) is 5.30. The van der Waals surface area contributed by atoms with Crippen molar-refractivity contribution in [2.75, 3.05) is 50.0 Å². The molecule has 216 valence electrons. The molecule has 1 fully saturated rings. The summed E-state index contributed by atoms with van der Waals surface area (Å²) in [6.07, 6.45) is 4.80. The predicted octanol–water partition coefficient (Wildman–Crippen LogP) is 4.29. The molecule has 10 heteroatoms. The number of carbonyl (C=O) groups excluding carboxylic acids is 2. The third-order valence-corrected chi connectivity index (χ3v) is 6.71. The van der Waals surface area contributed by atoms with E-state index < -0.39 is 5.91 Å². The van der Waals surface area contributed by atoms with Crippen LogP contribution in [0.5, 0.6) is 5.75 Å². The van der Waals surface area contributed by atoms with E-state index in [1.807, 2.05) is 60.7 Å². The lowest BCUT2D eigenvalue weighted by Gasteiger charge is -2.26. The number of nitrogens with zero attached hydrogens (tertiary/aromatic N) is 3. The van der Waals surface area contributed by atoms with Crippen LogP contribution in [0.3, 0.4) is 0 Å². The summed E-state index contributed by atoms with van der Waals surface area (Å²) in [4.78, 5) is 35.7. The average Bonchev–Trinajstić information content (AvgIpc) is 3.03. The van der Waals surface area contributed by atoms with Gasteiger partial charge in [0.1, 0.15) is 24.5 Å². The van der Waals surface area contributed by atoms with E-state index in [4.69, 9.17) is 9.47 Å². The van der Waals surface area contributed by atoms with Crippen molar-refractivity contribution in [2.45, 2.75) is 13.0 Å². The molecule has 1 saturated heterocycles. The minimum Gasteiger partial charge on any atom is -0.489 e. The summed E-state index contributed by atoms with van der Waals surface area (Å²) in [5, 5.41) is 9.68. The highest BCUT2D eigenvalue weighted by Gasteiger charge is 2.10. The number of carbonyl (C=O) groups is 2. The zero-order chi connectivity index (χ0) is 29.0. The molecule has 0 aliphatic carbocycles. The summed E-state index contributed by atoms with van der Waals surface area (Å²) >= 11 is 0. The van der Waals surface area contributed by atoms with Crippen LogP contribution >= 0.6 is 0 Å². The van der Waals surface area contributed by atoms with E-state index in [2.05, 4.69) is 30.8 Å². The predicted molar refractivity (Wildman–Crippen MR) is 163 cm³/mol. The fraction of sp³-hybridized carbons (Fsp3) is 0.250. The first kappa shape index (κ1) is 28.7. The van der Waals surface area contributed by atoms with Crippen LogP contribution in [0, 0.1) is 0 Å². The van der Waals surface area contributed by atoms with E-state index in [1.165, 1.54) is 18.5 Å². The molecule has 2 amide bonds. The molecule has 5 rings (SSSR count). The molecule has 0 radical (unpaired) electrons. The second-order valence-electron chi connectivity index (χ2n) is 9.80. The van der Waals surface area contributed by atoms with Crippen molar-refractivity contribution in [3.63, 3.8) is 0 Å². The van der Waals surface area contributed by atoms with Crippen LogP contribution in [0.2, 0.25) is 0 Å². The standard InChI is InChI=1S/C32H34N6O4/c39-30(33-15-4-16-38-17-19-41-20-18-38)13-14-31(40)36-26-9-12-29-28(21-26)32(35-23-34-29)37-25-7-10-27(11-8-25)42-22-24-5-2-1-3-6-24/h1-3,5-14,21,23H,4,15-20,22H2,(H,33,39)(H,36,40)(H,34,35,37). The van der Waals surface area contributed by atoms with E-state index in [-0.39, 0.29) is 5.91 Å². The van der Waals surface area contributed by atoms with Gasteiger partial charge < -0.3 is 25.4 Å². The van der Waals surface area contributed by atoms with Crippen molar-refractivity contribution in [3.05, 3.63) is 96.8 Å². The minimum atomic E-state index is -0.407. The SMILES string of the molecule is O=C(C=CC(=O)Nc1ccc2ncnc(Nc3ccc(OCc4ccccc4)cc3)c2c1)NCCCN1CCOCC1. The van der Waals surface area contributed by atoms with Gasteiger partial charge in [-0.3, -0.25) is 14.5 Å². The number of nitrogens with one attached hydrogen (secondary N) is 3. The zero-order valence-electron chi connectivity index (χ0n) is 23.3. The van der Waals surface area contributed by atoms with E-state index >= 15 is 0 Å². The van der Waals surface area contributed by atoms with Crippen LogP contribution in [-0.2, 0) is 20.9 Å². The molecule has 1 aromatic heterocycles. The maximum atomic E-state index is 12.5. The third-order valence-electron chi connectivity index (χ3n) is 6.71. The number of morpholine rings is 1. The number of amides is 2. The highest BCUT2D eigenvalue weighted by Crippen LogP contribution is 2.27. The smallest absolute Gasteiger partial charge is 0.248 e. The van der Waals surface area contributed by atoms with Crippen molar-refractivity contribution >= 4 is 39.9 Å². The number of rotatable bonds is 12. The fourth-order valence-electron chi connectivity index (χ4n) is 4.48. The van der Waals surface area contributed by atoms with E-state index in [0.717, 1.165) is 67.2 Å². The van der Waals surface area contributed by atoms with Crippen LogP contribution < -0.4 is 20.7 Å². The Hall–Kier alpha value is -4.80. The van der Waals surface area contributed by atoms with E-state index in [0.29, 0.717) is 24.7 Å². The molecule has 3 aromatic carbocycles. The Bertz CT molecular complexity index is 1500. The van der Waals surface area contributed by atoms with Gasteiger partial charge in [0, 0.05) is 48.5 Å². The van der Waals surface area contributed by atoms with Gasteiger partial charge in [0.15, 0.2) is 0 Å². The lowest BCUT2D eigenvalue weighted by molar-refractivity contribution is -0.117. The lowest BCUT2D eigenvalue weighted by Crippen LogP contribution is -2.38. The van der Waals surface area contributed by atoms with Crippen molar-refractivity contribution in [1.29, 1.82) is 0 Å². The van der Waals surface area contributed by atoms with Crippen molar-refractivity contribution in [1.82, 2.24) is 20.2 Å². The molecule has 0 unspecified atom stereocenters. The van der Waals surface area contributed by atoms with Gasteiger partial charge >= 0.3 is 0 Å². The van der Waals surface area contributed by atoms with Crippen LogP contribution in [0.1, 0.15) is 12.0 Å². The fourth-order valence-corrected chi connectivity index (χ4v) is 4.48. The number of fused-ring (bicyclic) bond motifs is 1. The Morgan fingerprint density at radius 1 is 0.905 bits per heavy atom. The molecular weight excluding hydrogens is 532 g/mol. The number of benzene rings is 3. The summed E-state index contributed by atoms with van der Waals surface area (Å²) in [5.74, 6) is 0.648. The first-order valence-corrected chi connectivity index (χ1v) is 14.0. The summed E-state index contributed by atoms with van der Waals surface area (Å²) in [6, 6.07) is 23.0. The number of aromatic nitrogens is 2. The van der Waals surface area contributed by atoms with E-state index in [1.54, 1.807) is 12.1 Å². The molecule has 3 N–H and O–H groups in total. The van der Waals surface area contributed by atoms with Gasteiger partial charge in [0.25, 0.3) is 0 Å². The Kier molecular flexibility index (Phi) is 10.1. The first-order valence-electron chi connectivity index (χ1n) is 14.0. The van der Waals surface area contributed by atoms with Gasteiger partial charge in [0.05, 0.1) is 18.7 Å². The maximum Gasteiger partial charge on any atom is 0.248 e. The topological polar surface area (TPSA) is 118 Å². The molecule has 0 spiro atoms. The number of anilines is 3. The highest BCUT2D eigenvalue weighted by molar-refractivity contribution is 6.04. The molecule has 0 atom stereocenters. The van der Waals surface area contributed by atoms with Crippen LogP contribution in [0.4, 0.5) is 17.2 Å². The Labute approximate surface area is 244 Å². The molecule has 1 aliphatic rings. The van der Waals surface area contributed by atoms with Crippen molar-refractivity contribution in [2.24, 2.45) is 0 Å². The highest BCUT2D eigenvalue weighted by atomic mass is 16.5. The van der Waals surface area contributed by atoms with Gasteiger partial charge in [-0.2, -0.15) is 0 Å². The van der Waals surface area contributed by atoms with Gasteiger partial charge in [0.2, 0.25) is 11.8 Å². The van der Waals surface area contributed by atoms with Gasteiger partial charge in [-0.15, -0.1) is 0 Å². The van der Waals surface area contributed by atoms with Crippen molar-refractivity contribution in [3.8, 4) is 5.75 Å². The van der Waals surface area contributed by atoms with Crippen molar-refractivity contribution < 1.29 is 19.1 Å². The lowest BCUT2D eigenvalue weighted by atomic mass is 10.2. The van der Waals surface area contributed by atoms with E-state index in [9.17, 15) is 9.59 Å². The Morgan fingerprint density at radius 2 is 1.67 bits per heavy atom. The number of hydrogen-bond donors (Lipinski definition) is 3. The van der Waals surface area contributed by atoms with Crippen LogP contribution in [0.25, 0.3) is 10.9 Å². The second-order valence-corrected chi connectivity index (χ2v) is 9.80. The summed E-state index contributed by atoms with van der Waals surface area (Å²) in [7, 11) is 0. The van der Waals surface area contributed by atoms with Crippen LogP contribution in [0.15, 0.2) is 91.3 Å². The molecule has 10 nitrogen and oxygen atoms in total. The molecule has 0 bridgehead atoms. The van der Waals surface area contributed by atoms with Crippen LogP contribution in [-0.4, -0.2) is 66.1 Å². The largest absolute Gasteiger partial charge is 0.489 e. The van der Waals surface area contributed by atoms with Gasteiger partial charge in [-0.05, 0) is 61.0 Å². The summed E-state index contributed by atoms with van der Waals surface area (Å²) < 4.78 is 11.2. The second kappa shape index (κ2) is 14.7. The third kappa shape index (κ3) is 8.60.